The number of hydrazine groups is 1. The molecule has 0 bridgehead atoms. The summed E-state index contributed by atoms with van der Waals surface area (Å²) >= 11 is 2.14. The monoisotopic (exact) mass is 361 g/mol. The highest BCUT2D eigenvalue weighted by molar-refractivity contribution is 14.1. The molecule has 0 radical (unpaired) electrons. The van der Waals surface area contributed by atoms with E-state index >= 15 is 0 Å². The number of nitrogens with zero attached hydrogens (tertiary/aromatic N) is 1. The molecule has 2 rings (SSSR count). The molecule has 0 aromatic heterocycles. The molecule has 98 valence electrons. The third-order valence-corrected chi connectivity index (χ3v) is 3.68. The second-order valence-electron chi connectivity index (χ2n) is 4.25. The lowest BCUT2D eigenvalue weighted by Gasteiger charge is -2.27. The maximum atomic E-state index is 12.2. The first-order valence-electron chi connectivity index (χ1n) is 5.77. The molecule has 0 spiro atoms. The van der Waals surface area contributed by atoms with Crippen molar-refractivity contribution < 1.29 is 9.53 Å². The van der Waals surface area contributed by atoms with Gasteiger partial charge in [0.2, 0.25) is 0 Å². The minimum Gasteiger partial charge on any atom is -0.397 e. The zero-order valence-electron chi connectivity index (χ0n) is 10.2. The van der Waals surface area contributed by atoms with Crippen LogP contribution >= 0.6 is 22.6 Å². The summed E-state index contributed by atoms with van der Waals surface area (Å²) in [6, 6.07) is 3.77. The first-order chi connectivity index (χ1) is 8.58. The SMILES string of the molecule is Cc1cc(I)c(N)c(C(=O)NN2CCOCC2)c1. The number of ether oxygens (including phenoxy) is 1. The van der Waals surface area contributed by atoms with E-state index < -0.39 is 0 Å². The Hall–Kier alpha value is -0.860. The van der Waals surface area contributed by atoms with Crippen molar-refractivity contribution in [2.45, 2.75) is 6.92 Å². The van der Waals surface area contributed by atoms with Gasteiger partial charge in [-0.1, -0.05) is 0 Å². The lowest BCUT2D eigenvalue weighted by atomic mass is 10.1. The van der Waals surface area contributed by atoms with Crippen LogP contribution in [0.5, 0.6) is 0 Å². The predicted octanol–water partition coefficient (Wildman–Crippen LogP) is 1.16. The number of nitrogen functional groups attached to an aromatic ring is 1. The average molecular weight is 361 g/mol. The normalized spacial score (nSPS) is 16.6. The fourth-order valence-corrected chi connectivity index (χ4v) is 2.60. The maximum absolute atomic E-state index is 12.2. The largest absolute Gasteiger partial charge is 0.397 e. The van der Waals surface area contributed by atoms with Gasteiger partial charge in [0.15, 0.2) is 0 Å². The minimum atomic E-state index is -0.156. The number of hydrogen-bond donors (Lipinski definition) is 2. The van der Waals surface area contributed by atoms with Gasteiger partial charge in [0, 0.05) is 16.7 Å². The zero-order chi connectivity index (χ0) is 13.1. The Morgan fingerprint density at radius 1 is 1.44 bits per heavy atom. The van der Waals surface area contributed by atoms with Crippen molar-refractivity contribution in [2.75, 3.05) is 32.0 Å². The van der Waals surface area contributed by atoms with Crippen molar-refractivity contribution in [2.24, 2.45) is 0 Å². The maximum Gasteiger partial charge on any atom is 0.267 e. The van der Waals surface area contributed by atoms with Crippen LogP contribution in [0.3, 0.4) is 0 Å². The molecule has 0 saturated carbocycles. The summed E-state index contributed by atoms with van der Waals surface area (Å²) in [4.78, 5) is 12.2. The fourth-order valence-electron chi connectivity index (χ4n) is 1.82. The number of carbonyl (C=O) groups excluding carboxylic acids is 1. The van der Waals surface area contributed by atoms with E-state index in [0.29, 0.717) is 37.6 Å². The van der Waals surface area contributed by atoms with Crippen LogP contribution in [0.1, 0.15) is 15.9 Å². The fraction of sp³-hybridized carbons (Fsp3) is 0.417. The van der Waals surface area contributed by atoms with E-state index in [2.05, 4.69) is 28.0 Å². The van der Waals surface area contributed by atoms with Crippen LogP contribution in [0, 0.1) is 10.5 Å². The Labute approximate surface area is 120 Å². The molecule has 3 N–H and O–H groups in total. The Kier molecular flexibility index (Phi) is 4.41. The van der Waals surface area contributed by atoms with Crippen molar-refractivity contribution in [3.05, 3.63) is 26.8 Å². The smallest absolute Gasteiger partial charge is 0.267 e. The third-order valence-electron chi connectivity index (χ3n) is 2.79. The van der Waals surface area contributed by atoms with Crippen molar-refractivity contribution in [3.63, 3.8) is 0 Å². The molecule has 1 aromatic carbocycles. The number of hydrogen-bond acceptors (Lipinski definition) is 4. The Balaban J connectivity index is 2.13. The lowest BCUT2D eigenvalue weighted by molar-refractivity contribution is 0.0126. The molecular weight excluding hydrogens is 345 g/mol. The van der Waals surface area contributed by atoms with Gasteiger partial charge in [-0.15, -0.1) is 0 Å². The molecule has 0 aliphatic carbocycles. The van der Waals surface area contributed by atoms with Gasteiger partial charge in [-0.3, -0.25) is 10.2 Å². The number of halogens is 1. The highest BCUT2D eigenvalue weighted by Gasteiger charge is 2.17. The van der Waals surface area contributed by atoms with E-state index in [1.165, 1.54) is 0 Å². The summed E-state index contributed by atoms with van der Waals surface area (Å²) in [6.07, 6.45) is 0. The van der Waals surface area contributed by atoms with Crippen LogP contribution in [-0.4, -0.2) is 37.2 Å². The molecule has 1 saturated heterocycles. The number of anilines is 1. The van der Waals surface area contributed by atoms with Gasteiger partial charge in [-0.25, -0.2) is 5.01 Å². The molecule has 5 nitrogen and oxygen atoms in total. The number of nitrogens with two attached hydrogens (primary N) is 1. The van der Waals surface area contributed by atoms with E-state index in [-0.39, 0.29) is 5.91 Å². The lowest BCUT2D eigenvalue weighted by Crippen LogP contribution is -2.48. The molecular formula is C12H16IN3O2. The van der Waals surface area contributed by atoms with Crippen molar-refractivity contribution >= 4 is 34.2 Å². The van der Waals surface area contributed by atoms with Crippen molar-refractivity contribution in [1.82, 2.24) is 10.4 Å². The van der Waals surface area contributed by atoms with Crippen LogP contribution in [-0.2, 0) is 4.74 Å². The van der Waals surface area contributed by atoms with Crippen LogP contribution in [0.15, 0.2) is 12.1 Å². The van der Waals surface area contributed by atoms with Gasteiger partial charge in [0.05, 0.1) is 24.5 Å². The molecule has 6 heteroatoms. The van der Waals surface area contributed by atoms with Gasteiger partial charge in [-0.2, -0.15) is 0 Å². The van der Waals surface area contributed by atoms with E-state index in [1.54, 1.807) is 0 Å². The number of benzene rings is 1. The topological polar surface area (TPSA) is 67.6 Å². The standard InChI is InChI=1S/C12H16IN3O2/c1-8-6-9(11(14)10(13)7-8)12(17)15-16-2-4-18-5-3-16/h6-7H,2-5,14H2,1H3,(H,15,17). The van der Waals surface area contributed by atoms with Crippen molar-refractivity contribution in [1.29, 1.82) is 0 Å². The van der Waals surface area contributed by atoms with Crippen molar-refractivity contribution in [3.8, 4) is 0 Å². The third kappa shape index (κ3) is 3.12. The molecule has 1 fully saturated rings. The Morgan fingerprint density at radius 2 is 2.11 bits per heavy atom. The summed E-state index contributed by atoms with van der Waals surface area (Å²) in [6.45, 7) is 4.64. The molecule has 1 heterocycles. The number of nitrogens with one attached hydrogen (secondary N) is 1. The Morgan fingerprint density at radius 3 is 2.78 bits per heavy atom. The number of aryl methyl sites for hydroxylation is 1. The second-order valence-corrected chi connectivity index (χ2v) is 5.41. The van der Waals surface area contributed by atoms with Gasteiger partial charge >= 0.3 is 0 Å². The molecule has 0 unspecified atom stereocenters. The minimum absolute atomic E-state index is 0.156. The van der Waals surface area contributed by atoms with Gasteiger partial charge in [-0.05, 0) is 47.2 Å². The van der Waals surface area contributed by atoms with E-state index in [1.807, 2.05) is 24.1 Å². The molecule has 1 amide bonds. The molecule has 1 aromatic rings. The van der Waals surface area contributed by atoms with Crippen LogP contribution in [0.4, 0.5) is 5.69 Å². The van der Waals surface area contributed by atoms with Gasteiger partial charge in [0.25, 0.3) is 5.91 Å². The van der Waals surface area contributed by atoms with E-state index in [4.69, 9.17) is 10.5 Å². The molecule has 0 atom stereocenters. The Bertz CT molecular complexity index is 459. The average Bonchev–Trinajstić information content (AvgIpc) is 2.35. The van der Waals surface area contributed by atoms with E-state index in [0.717, 1.165) is 9.13 Å². The first kappa shape index (κ1) is 13.6. The number of amides is 1. The summed E-state index contributed by atoms with van der Waals surface area (Å²) in [5.74, 6) is -0.156. The summed E-state index contributed by atoms with van der Waals surface area (Å²) in [5, 5.41) is 1.86. The second kappa shape index (κ2) is 5.85. The summed E-state index contributed by atoms with van der Waals surface area (Å²) in [5.41, 5.74) is 10.9. The quantitative estimate of drug-likeness (QED) is 0.613. The number of rotatable bonds is 2. The zero-order valence-corrected chi connectivity index (χ0v) is 12.4. The first-order valence-corrected chi connectivity index (χ1v) is 6.85. The highest BCUT2D eigenvalue weighted by Crippen LogP contribution is 2.21. The molecule has 18 heavy (non-hydrogen) atoms. The van der Waals surface area contributed by atoms with Crippen LogP contribution in [0.25, 0.3) is 0 Å². The predicted molar refractivity (Wildman–Crippen MR) is 78.2 cm³/mol. The van der Waals surface area contributed by atoms with Crippen LogP contribution in [0.2, 0.25) is 0 Å². The summed E-state index contributed by atoms with van der Waals surface area (Å²) in [7, 11) is 0. The molecule has 1 aliphatic rings. The number of carbonyl (C=O) groups is 1. The van der Waals surface area contributed by atoms with Gasteiger partial charge in [0.1, 0.15) is 0 Å². The van der Waals surface area contributed by atoms with E-state index in [9.17, 15) is 4.79 Å². The highest BCUT2D eigenvalue weighted by atomic mass is 127. The van der Waals surface area contributed by atoms with Crippen LogP contribution < -0.4 is 11.2 Å². The molecule has 1 aliphatic heterocycles. The van der Waals surface area contributed by atoms with Gasteiger partial charge < -0.3 is 10.5 Å². The summed E-state index contributed by atoms with van der Waals surface area (Å²) < 4.78 is 6.13. The number of morpholine rings is 1.